The van der Waals surface area contributed by atoms with Gasteiger partial charge in [0.15, 0.2) is 5.96 Å². The van der Waals surface area contributed by atoms with Gasteiger partial charge in [-0.15, -0.1) is 0 Å². The Kier molecular flexibility index (Phi) is 12.7. The standard InChI is InChI=1S/C15H29N5O5/c16-15(17)19-7-4-2-1-3-5-12(22)20-10-11(21)9-13(23)18-8-6-14(24)25/h11,21H,1-10H2,(H,18,23)(H,20,22)(H,24,25)(H4,16,17,19)/t11-/m1/s1. The smallest absolute Gasteiger partial charge is 0.305 e. The highest BCUT2D eigenvalue weighted by molar-refractivity contribution is 5.78. The number of aliphatic carboxylic acids is 1. The molecule has 0 aromatic carbocycles. The first-order chi connectivity index (χ1) is 11.8. The summed E-state index contributed by atoms with van der Waals surface area (Å²) in [6.45, 7) is 0.630. The zero-order valence-electron chi connectivity index (χ0n) is 14.3. The molecule has 0 aromatic heterocycles. The minimum atomic E-state index is -1.01. The minimum absolute atomic E-state index is 0.00911. The molecule has 0 spiro atoms. The monoisotopic (exact) mass is 359 g/mol. The first kappa shape index (κ1) is 22.6. The molecule has 0 aromatic rings. The lowest BCUT2D eigenvalue weighted by molar-refractivity contribution is -0.137. The van der Waals surface area contributed by atoms with Crippen LogP contribution in [0.4, 0.5) is 0 Å². The van der Waals surface area contributed by atoms with Crippen LogP contribution in [0.5, 0.6) is 0 Å². The van der Waals surface area contributed by atoms with Gasteiger partial charge in [0, 0.05) is 26.1 Å². The molecule has 0 radical (unpaired) electrons. The largest absolute Gasteiger partial charge is 0.481 e. The van der Waals surface area contributed by atoms with E-state index in [1.54, 1.807) is 0 Å². The number of hydrogen-bond donors (Lipinski definition) is 7. The molecule has 0 aliphatic carbocycles. The van der Waals surface area contributed by atoms with Gasteiger partial charge in [0.05, 0.1) is 18.9 Å². The molecule has 1 atom stereocenters. The fourth-order valence-electron chi connectivity index (χ4n) is 1.97. The summed E-state index contributed by atoms with van der Waals surface area (Å²) in [6.07, 6.45) is 2.36. The number of nitrogens with one attached hydrogen (secondary N) is 4. The number of amides is 2. The first-order valence-corrected chi connectivity index (χ1v) is 8.32. The van der Waals surface area contributed by atoms with Crippen molar-refractivity contribution in [3.63, 3.8) is 0 Å². The molecule has 0 saturated heterocycles. The van der Waals surface area contributed by atoms with Gasteiger partial charge in [-0.3, -0.25) is 19.8 Å². The summed E-state index contributed by atoms with van der Waals surface area (Å²) in [6, 6.07) is 0. The maximum Gasteiger partial charge on any atom is 0.305 e. The van der Waals surface area contributed by atoms with Crippen molar-refractivity contribution in [2.75, 3.05) is 19.6 Å². The van der Waals surface area contributed by atoms with Crippen molar-refractivity contribution in [2.45, 2.75) is 51.0 Å². The molecule has 0 aliphatic heterocycles. The van der Waals surface area contributed by atoms with E-state index >= 15 is 0 Å². The summed E-state index contributed by atoms with van der Waals surface area (Å²) in [4.78, 5) is 33.3. The Balaban J connectivity index is 3.58. The fourth-order valence-corrected chi connectivity index (χ4v) is 1.97. The van der Waals surface area contributed by atoms with E-state index in [9.17, 15) is 19.5 Å². The summed E-state index contributed by atoms with van der Waals surface area (Å²) in [5.74, 6) is -1.70. The molecule has 0 aliphatic rings. The van der Waals surface area contributed by atoms with E-state index in [1.165, 1.54) is 0 Å². The lowest BCUT2D eigenvalue weighted by Gasteiger charge is -2.12. The summed E-state index contributed by atoms with van der Waals surface area (Å²) >= 11 is 0. The zero-order chi connectivity index (χ0) is 19.1. The highest BCUT2D eigenvalue weighted by atomic mass is 16.4. The van der Waals surface area contributed by atoms with Crippen molar-refractivity contribution in [2.24, 2.45) is 5.73 Å². The van der Waals surface area contributed by atoms with Gasteiger partial charge in [-0.2, -0.15) is 0 Å². The number of nitrogens with two attached hydrogens (primary N) is 1. The van der Waals surface area contributed by atoms with Crippen molar-refractivity contribution in [1.82, 2.24) is 16.0 Å². The van der Waals surface area contributed by atoms with E-state index in [2.05, 4.69) is 16.0 Å². The molecule has 0 bridgehead atoms. The van der Waals surface area contributed by atoms with Crippen LogP contribution in [0.1, 0.15) is 44.9 Å². The number of hydrogen-bond acceptors (Lipinski definition) is 5. The maximum absolute atomic E-state index is 11.6. The molecule has 2 amide bonds. The van der Waals surface area contributed by atoms with E-state index in [-0.39, 0.29) is 37.8 Å². The van der Waals surface area contributed by atoms with Crippen molar-refractivity contribution in [3.05, 3.63) is 0 Å². The SMILES string of the molecule is N=C(N)NCCCCCCC(=O)NC[C@H](O)CC(=O)NCCC(=O)O. The van der Waals surface area contributed by atoms with E-state index in [1.807, 2.05) is 0 Å². The second-order valence-corrected chi connectivity index (χ2v) is 5.66. The van der Waals surface area contributed by atoms with Gasteiger partial charge in [-0.05, 0) is 12.8 Å². The topological polar surface area (TPSA) is 178 Å². The summed E-state index contributed by atoms with van der Waals surface area (Å²) in [5.41, 5.74) is 5.15. The van der Waals surface area contributed by atoms with Gasteiger partial charge in [-0.1, -0.05) is 12.8 Å². The third-order valence-electron chi connectivity index (χ3n) is 3.26. The van der Waals surface area contributed by atoms with Crippen LogP contribution in [-0.4, -0.2) is 59.7 Å². The Morgan fingerprint density at radius 2 is 1.60 bits per heavy atom. The second-order valence-electron chi connectivity index (χ2n) is 5.66. The van der Waals surface area contributed by atoms with E-state index in [0.29, 0.717) is 13.0 Å². The molecule has 10 heteroatoms. The number of carbonyl (C=O) groups excluding carboxylic acids is 2. The quantitative estimate of drug-likeness (QED) is 0.117. The molecule has 0 saturated carbocycles. The Bertz CT molecular complexity index is 444. The molecule has 25 heavy (non-hydrogen) atoms. The van der Waals surface area contributed by atoms with Crippen molar-refractivity contribution in [3.8, 4) is 0 Å². The number of aliphatic hydroxyl groups is 1. The predicted octanol–water partition coefficient (Wildman–Crippen LogP) is -1.12. The Morgan fingerprint density at radius 3 is 2.24 bits per heavy atom. The van der Waals surface area contributed by atoms with Crippen LogP contribution in [-0.2, 0) is 14.4 Å². The van der Waals surface area contributed by atoms with Crippen LogP contribution < -0.4 is 21.7 Å². The number of carboxylic acid groups (broad SMARTS) is 1. The number of rotatable bonds is 14. The first-order valence-electron chi connectivity index (χ1n) is 8.32. The van der Waals surface area contributed by atoms with E-state index < -0.39 is 18.0 Å². The number of guanidine groups is 1. The highest BCUT2D eigenvalue weighted by Crippen LogP contribution is 2.02. The second kappa shape index (κ2) is 14.0. The van der Waals surface area contributed by atoms with Gasteiger partial charge in [-0.25, -0.2) is 0 Å². The van der Waals surface area contributed by atoms with Crippen molar-refractivity contribution >= 4 is 23.7 Å². The van der Waals surface area contributed by atoms with Crippen LogP contribution in [0.2, 0.25) is 0 Å². The van der Waals surface area contributed by atoms with Crippen molar-refractivity contribution < 1.29 is 24.6 Å². The molecule has 0 unspecified atom stereocenters. The van der Waals surface area contributed by atoms with Crippen LogP contribution in [0.15, 0.2) is 0 Å². The molecule has 0 heterocycles. The molecular weight excluding hydrogens is 330 g/mol. The van der Waals surface area contributed by atoms with E-state index in [0.717, 1.165) is 25.7 Å². The number of unbranched alkanes of at least 4 members (excludes halogenated alkanes) is 3. The Morgan fingerprint density at radius 1 is 0.920 bits per heavy atom. The minimum Gasteiger partial charge on any atom is -0.481 e. The number of carbonyl (C=O) groups is 3. The fraction of sp³-hybridized carbons (Fsp3) is 0.733. The number of aliphatic hydroxyl groups excluding tert-OH is 1. The summed E-state index contributed by atoms with van der Waals surface area (Å²) in [5, 5.41) is 32.7. The maximum atomic E-state index is 11.6. The average Bonchev–Trinajstić information content (AvgIpc) is 2.51. The number of carboxylic acids is 1. The normalized spacial score (nSPS) is 11.4. The molecular formula is C15H29N5O5. The Hall–Kier alpha value is -2.36. The van der Waals surface area contributed by atoms with E-state index in [4.69, 9.17) is 16.2 Å². The van der Waals surface area contributed by atoms with Gasteiger partial charge in [0.1, 0.15) is 0 Å². The van der Waals surface area contributed by atoms with Gasteiger partial charge in [0.25, 0.3) is 0 Å². The van der Waals surface area contributed by atoms with Crippen LogP contribution in [0, 0.1) is 5.41 Å². The van der Waals surface area contributed by atoms with Gasteiger partial charge < -0.3 is 31.9 Å². The third-order valence-corrected chi connectivity index (χ3v) is 3.26. The molecule has 10 nitrogen and oxygen atoms in total. The van der Waals surface area contributed by atoms with Crippen LogP contribution in [0.25, 0.3) is 0 Å². The van der Waals surface area contributed by atoms with Crippen LogP contribution in [0.3, 0.4) is 0 Å². The lowest BCUT2D eigenvalue weighted by atomic mass is 10.1. The van der Waals surface area contributed by atoms with Gasteiger partial charge in [0.2, 0.25) is 11.8 Å². The third kappa shape index (κ3) is 16.3. The lowest BCUT2D eigenvalue weighted by Crippen LogP contribution is -2.36. The molecule has 144 valence electrons. The highest BCUT2D eigenvalue weighted by Gasteiger charge is 2.12. The summed E-state index contributed by atoms with van der Waals surface area (Å²) in [7, 11) is 0. The molecule has 0 rings (SSSR count). The molecule has 0 fully saturated rings. The summed E-state index contributed by atoms with van der Waals surface area (Å²) < 4.78 is 0. The predicted molar refractivity (Wildman–Crippen MR) is 91.9 cm³/mol. The van der Waals surface area contributed by atoms with Crippen LogP contribution >= 0.6 is 0 Å². The molecule has 8 N–H and O–H groups in total. The Labute approximate surface area is 147 Å². The van der Waals surface area contributed by atoms with Crippen molar-refractivity contribution in [1.29, 1.82) is 5.41 Å². The zero-order valence-corrected chi connectivity index (χ0v) is 14.3. The van der Waals surface area contributed by atoms with Gasteiger partial charge >= 0.3 is 5.97 Å². The average molecular weight is 359 g/mol.